The van der Waals surface area contributed by atoms with Crippen molar-refractivity contribution in [3.63, 3.8) is 0 Å². The molecule has 4 nitrogen and oxygen atoms in total. The molecule has 0 bridgehead atoms. The molecule has 1 aromatic rings. The first-order chi connectivity index (χ1) is 7.13. The van der Waals surface area contributed by atoms with Crippen LogP contribution in [0, 0.1) is 3.57 Å². The third kappa shape index (κ3) is 4.23. The van der Waals surface area contributed by atoms with E-state index in [9.17, 15) is 5.11 Å². The van der Waals surface area contributed by atoms with E-state index in [0.29, 0.717) is 13.2 Å². The number of hydrogen-bond acceptors (Lipinski definition) is 4. The summed E-state index contributed by atoms with van der Waals surface area (Å²) < 4.78 is 5.87. The zero-order valence-corrected chi connectivity index (χ0v) is 10.7. The number of anilines is 2. The van der Waals surface area contributed by atoms with Crippen LogP contribution in [0.15, 0.2) is 18.2 Å². The fourth-order valence-corrected chi connectivity index (χ4v) is 1.88. The molecule has 0 aromatic heterocycles. The Kier molecular flexibility index (Phi) is 5.13. The molecule has 0 aliphatic heterocycles. The Morgan fingerprint density at radius 1 is 1.60 bits per heavy atom. The van der Waals surface area contributed by atoms with Gasteiger partial charge in [0.05, 0.1) is 12.7 Å². The van der Waals surface area contributed by atoms with Crippen molar-refractivity contribution in [3.8, 4) is 0 Å². The second kappa shape index (κ2) is 6.14. The van der Waals surface area contributed by atoms with Gasteiger partial charge in [-0.3, -0.25) is 0 Å². The summed E-state index contributed by atoms with van der Waals surface area (Å²) in [5.41, 5.74) is 7.34. The maximum Gasteiger partial charge on any atom is 0.0945 e. The van der Waals surface area contributed by atoms with Gasteiger partial charge in [-0.05, 0) is 40.8 Å². The van der Waals surface area contributed by atoms with Crippen LogP contribution in [-0.2, 0) is 4.74 Å². The minimum atomic E-state index is -0.497. The predicted octanol–water partition coefficient (Wildman–Crippen LogP) is 1.29. The van der Waals surface area contributed by atoms with Gasteiger partial charge in [-0.25, -0.2) is 0 Å². The minimum Gasteiger partial charge on any atom is -0.399 e. The van der Waals surface area contributed by atoms with Gasteiger partial charge in [0.25, 0.3) is 0 Å². The van der Waals surface area contributed by atoms with Crippen molar-refractivity contribution in [1.29, 1.82) is 0 Å². The van der Waals surface area contributed by atoms with Gasteiger partial charge in [0.1, 0.15) is 0 Å². The number of nitrogens with one attached hydrogen (secondary N) is 1. The highest BCUT2D eigenvalue weighted by Gasteiger charge is 2.04. The molecule has 0 saturated heterocycles. The largest absolute Gasteiger partial charge is 0.399 e. The smallest absolute Gasteiger partial charge is 0.0945 e. The molecular weight excluding hydrogens is 307 g/mol. The van der Waals surface area contributed by atoms with Crippen LogP contribution < -0.4 is 11.1 Å². The van der Waals surface area contributed by atoms with Crippen LogP contribution in [0.2, 0.25) is 0 Å². The SMILES string of the molecule is COCC(O)CNc1ccc(N)cc1I. The van der Waals surface area contributed by atoms with Crippen LogP contribution >= 0.6 is 22.6 Å². The second-order valence-electron chi connectivity index (χ2n) is 3.23. The number of rotatable bonds is 5. The van der Waals surface area contributed by atoms with Crippen molar-refractivity contribution in [3.05, 3.63) is 21.8 Å². The summed E-state index contributed by atoms with van der Waals surface area (Å²) in [6.45, 7) is 0.798. The quantitative estimate of drug-likeness (QED) is 0.565. The van der Waals surface area contributed by atoms with E-state index in [4.69, 9.17) is 10.5 Å². The van der Waals surface area contributed by atoms with Crippen molar-refractivity contribution in [1.82, 2.24) is 0 Å². The first kappa shape index (κ1) is 12.5. The lowest BCUT2D eigenvalue weighted by Gasteiger charge is -2.13. The molecule has 0 aliphatic rings. The molecule has 0 saturated carbocycles. The number of ether oxygens (including phenoxy) is 1. The lowest BCUT2D eigenvalue weighted by atomic mass is 10.2. The van der Waals surface area contributed by atoms with Crippen LogP contribution in [0.4, 0.5) is 11.4 Å². The number of aliphatic hydroxyl groups excluding tert-OH is 1. The molecule has 4 N–H and O–H groups in total. The summed E-state index contributed by atoms with van der Waals surface area (Å²) in [6.07, 6.45) is -0.497. The predicted molar refractivity (Wildman–Crippen MR) is 69.9 cm³/mol. The molecule has 0 heterocycles. The molecule has 0 amide bonds. The second-order valence-corrected chi connectivity index (χ2v) is 4.39. The highest BCUT2D eigenvalue weighted by atomic mass is 127. The summed E-state index contributed by atoms with van der Waals surface area (Å²) in [5, 5.41) is 12.6. The van der Waals surface area contributed by atoms with Crippen LogP contribution in [-0.4, -0.2) is 31.5 Å². The van der Waals surface area contributed by atoms with Gasteiger partial charge in [-0.1, -0.05) is 0 Å². The number of methoxy groups -OCH3 is 1. The normalized spacial score (nSPS) is 12.5. The number of hydrogen-bond donors (Lipinski definition) is 3. The van der Waals surface area contributed by atoms with E-state index in [1.54, 1.807) is 7.11 Å². The molecule has 1 aromatic carbocycles. The average molecular weight is 322 g/mol. The minimum absolute atomic E-state index is 0.332. The monoisotopic (exact) mass is 322 g/mol. The first-order valence-corrected chi connectivity index (χ1v) is 5.67. The van der Waals surface area contributed by atoms with E-state index in [1.165, 1.54) is 0 Å². The Hall–Kier alpha value is -0.530. The van der Waals surface area contributed by atoms with Crippen molar-refractivity contribution >= 4 is 34.0 Å². The number of aliphatic hydroxyl groups is 1. The molecule has 0 fully saturated rings. The van der Waals surface area contributed by atoms with Gasteiger partial charge >= 0.3 is 0 Å². The Morgan fingerprint density at radius 2 is 2.33 bits per heavy atom. The average Bonchev–Trinajstić information content (AvgIpc) is 2.17. The van der Waals surface area contributed by atoms with E-state index >= 15 is 0 Å². The van der Waals surface area contributed by atoms with E-state index < -0.39 is 6.10 Å². The topological polar surface area (TPSA) is 67.5 Å². The fourth-order valence-electron chi connectivity index (χ4n) is 1.15. The maximum absolute atomic E-state index is 9.44. The highest BCUT2D eigenvalue weighted by Crippen LogP contribution is 2.20. The van der Waals surface area contributed by atoms with Gasteiger partial charge in [0.2, 0.25) is 0 Å². The van der Waals surface area contributed by atoms with Crippen molar-refractivity contribution in [2.45, 2.75) is 6.10 Å². The van der Waals surface area contributed by atoms with Crippen molar-refractivity contribution in [2.24, 2.45) is 0 Å². The maximum atomic E-state index is 9.44. The molecular formula is C10H15IN2O2. The fraction of sp³-hybridized carbons (Fsp3) is 0.400. The summed E-state index contributed by atoms with van der Waals surface area (Å²) in [7, 11) is 1.57. The van der Waals surface area contributed by atoms with Gasteiger partial charge in [-0.15, -0.1) is 0 Å². The Balaban J connectivity index is 2.50. The molecule has 0 aliphatic carbocycles. The van der Waals surface area contributed by atoms with Crippen molar-refractivity contribution in [2.75, 3.05) is 31.3 Å². The third-order valence-corrected chi connectivity index (χ3v) is 2.77. The lowest BCUT2D eigenvalue weighted by molar-refractivity contribution is 0.0727. The Morgan fingerprint density at radius 3 is 2.93 bits per heavy atom. The van der Waals surface area contributed by atoms with Gasteiger partial charge < -0.3 is 20.9 Å². The summed E-state index contributed by atoms with van der Waals surface area (Å²) >= 11 is 2.20. The molecule has 1 rings (SSSR count). The van der Waals surface area contributed by atoms with Gasteiger partial charge in [0.15, 0.2) is 0 Å². The zero-order chi connectivity index (χ0) is 11.3. The summed E-state index contributed by atoms with van der Waals surface area (Å²) in [4.78, 5) is 0. The van der Waals surface area contributed by atoms with Crippen LogP contribution in [0.5, 0.6) is 0 Å². The standard InChI is InChI=1S/C10H15IN2O2/c1-15-6-8(14)5-13-10-3-2-7(12)4-9(10)11/h2-4,8,13-14H,5-6,12H2,1H3. The van der Waals surface area contributed by atoms with Crippen LogP contribution in [0.3, 0.4) is 0 Å². The zero-order valence-electron chi connectivity index (χ0n) is 8.53. The van der Waals surface area contributed by atoms with Crippen molar-refractivity contribution < 1.29 is 9.84 Å². The van der Waals surface area contributed by atoms with E-state index in [0.717, 1.165) is 14.9 Å². The van der Waals surface area contributed by atoms with Crippen LogP contribution in [0.25, 0.3) is 0 Å². The van der Waals surface area contributed by atoms with E-state index in [1.807, 2.05) is 18.2 Å². The molecule has 1 unspecified atom stereocenters. The molecule has 1 atom stereocenters. The van der Waals surface area contributed by atoms with E-state index in [-0.39, 0.29) is 0 Å². The third-order valence-electron chi connectivity index (χ3n) is 1.88. The Labute approximate surface area is 103 Å². The number of nitrogens with two attached hydrogens (primary N) is 1. The summed E-state index contributed by atoms with van der Waals surface area (Å²) in [6, 6.07) is 5.61. The molecule has 0 spiro atoms. The number of benzene rings is 1. The summed E-state index contributed by atoms with van der Waals surface area (Å²) in [5.74, 6) is 0. The molecule has 15 heavy (non-hydrogen) atoms. The molecule has 84 valence electrons. The lowest BCUT2D eigenvalue weighted by Crippen LogP contribution is -2.24. The van der Waals surface area contributed by atoms with Crippen LogP contribution in [0.1, 0.15) is 0 Å². The Bertz CT molecular complexity index is 320. The first-order valence-electron chi connectivity index (χ1n) is 4.59. The number of nitrogen functional groups attached to an aromatic ring is 1. The molecule has 5 heteroatoms. The van der Waals surface area contributed by atoms with Gasteiger partial charge in [-0.2, -0.15) is 0 Å². The highest BCUT2D eigenvalue weighted by molar-refractivity contribution is 14.1. The van der Waals surface area contributed by atoms with E-state index in [2.05, 4.69) is 27.9 Å². The molecule has 0 radical (unpaired) electrons. The number of halogens is 1. The van der Waals surface area contributed by atoms with Gasteiger partial charge in [0, 0.05) is 28.6 Å².